The average Bonchev–Trinajstić information content (AvgIpc) is 2.99. The molecule has 0 saturated heterocycles. The average molecular weight is 686 g/mol. The van der Waals surface area contributed by atoms with Crippen LogP contribution in [-0.2, 0) is 44.8 Å². The molecule has 1 rings (SSSR count). The highest BCUT2D eigenvalue weighted by Crippen LogP contribution is 2.12. The number of nitrogens with one attached hydrogen (secondary N) is 5. The van der Waals surface area contributed by atoms with E-state index < -0.39 is 110 Å². The fraction of sp³-hybridized carbons (Fsp3) is 0.481. The Kier molecular flexibility index (Phi) is 16.7. The number of carboxylic acids is 2. The van der Waals surface area contributed by atoms with Gasteiger partial charge in [-0.15, -0.1) is 0 Å². The minimum absolute atomic E-state index is 0.102. The van der Waals surface area contributed by atoms with Gasteiger partial charge in [0, 0.05) is 18.6 Å². The predicted molar refractivity (Wildman–Crippen MR) is 164 cm³/mol. The number of rotatable bonds is 20. The molecule has 0 spiro atoms. The smallest absolute Gasteiger partial charge is 0.326 e. The van der Waals surface area contributed by atoms with Gasteiger partial charge in [-0.1, -0.05) is 12.1 Å². The van der Waals surface area contributed by atoms with E-state index in [1.807, 2.05) is 0 Å². The number of hydrogen-bond acceptors (Lipinski definition) is 12. The van der Waals surface area contributed by atoms with E-state index in [1.54, 1.807) is 0 Å². The third-order valence-electron chi connectivity index (χ3n) is 6.39. The normalized spacial score (nSPS) is 14.6. The first-order chi connectivity index (χ1) is 22.0. The molecule has 0 saturated carbocycles. The molecule has 1 aromatic rings. The molecule has 20 heteroatoms. The first-order valence-electron chi connectivity index (χ1n) is 14.0. The Hall–Kier alpha value is -4.95. The number of nitrogens with two attached hydrogens (primary N) is 2. The molecule has 0 fully saturated rings. The molecule has 6 amide bonds. The van der Waals surface area contributed by atoms with E-state index in [9.17, 15) is 53.7 Å². The summed E-state index contributed by atoms with van der Waals surface area (Å²) in [4.78, 5) is 98.0. The highest BCUT2D eigenvalue weighted by Gasteiger charge is 2.34. The van der Waals surface area contributed by atoms with Crippen molar-refractivity contribution in [2.45, 2.75) is 68.9 Å². The summed E-state index contributed by atoms with van der Waals surface area (Å²) in [5, 5.41) is 49.2. The number of carbonyl (C=O) groups excluding carboxylic acids is 6. The zero-order valence-corrected chi connectivity index (χ0v) is 26.1. The van der Waals surface area contributed by atoms with Gasteiger partial charge in [-0.3, -0.25) is 33.6 Å². The maximum Gasteiger partial charge on any atom is 0.326 e. The fourth-order valence-electron chi connectivity index (χ4n) is 3.93. The fourth-order valence-corrected chi connectivity index (χ4v) is 4.18. The molecule has 260 valence electrons. The lowest BCUT2D eigenvalue weighted by molar-refractivity contribution is -0.143. The minimum atomic E-state index is -1.75. The number of aliphatic carboxylic acids is 2. The van der Waals surface area contributed by atoms with Crippen molar-refractivity contribution in [3.63, 3.8) is 0 Å². The van der Waals surface area contributed by atoms with Crippen LogP contribution in [-0.4, -0.2) is 116 Å². The second-order valence-corrected chi connectivity index (χ2v) is 10.6. The van der Waals surface area contributed by atoms with Crippen molar-refractivity contribution in [1.29, 1.82) is 0 Å². The molecule has 6 atom stereocenters. The Bertz CT molecular complexity index is 1310. The molecule has 0 bridgehead atoms. The van der Waals surface area contributed by atoms with Crippen LogP contribution in [0.15, 0.2) is 24.3 Å². The van der Waals surface area contributed by atoms with Crippen LogP contribution < -0.4 is 38.1 Å². The third-order valence-corrected chi connectivity index (χ3v) is 6.76. The topological polar surface area (TPSA) is 330 Å². The molecular formula is C27H39N7O12S. The number of aromatic hydroxyl groups is 1. The number of benzene rings is 1. The largest absolute Gasteiger partial charge is 0.508 e. The summed E-state index contributed by atoms with van der Waals surface area (Å²) < 4.78 is 0. The number of primary amides is 1. The number of aliphatic hydroxyl groups is 1. The van der Waals surface area contributed by atoms with Crippen molar-refractivity contribution in [3.8, 4) is 5.75 Å². The van der Waals surface area contributed by atoms with Crippen molar-refractivity contribution in [2.75, 3.05) is 12.3 Å². The van der Waals surface area contributed by atoms with Crippen molar-refractivity contribution >= 4 is 60.0 Å². The first kappa shape index (κ1) is 40.1. The molecule has 0 unspecified atom stereocenters. The lowest BCUT2D eigenvalue weighted by Crippen LogP contribution is -2.62. The van der Waals surface area contributed by atoms with Gasteiger partial charge < -0.3 is 58.5 Å². The molecule has 0 radical (unpaired) electrons. The van der Waals surface area contributed by atoms with E-state index in [2.05, 4.69) is 39.2 Å². The van der Waals surface area contributed by atoms with Crippen molar-refractivity contribution in [3.05, 3.63) is 29.8 Å². The summed E-state index contributed by atoms with van der Waals surface area (Å²) in [7, 11) is 0. The number of aliphatic hydroxyl groups excluding tert-OH is 1. The summed E-state index contributed by atoms with van der Waals surface area (Å²) in [5.41, 5.74) is 10.9. The predicted octanol–water partition coefficient (Wildman–Crippen LogP) is -4.55. The Balaban J connectivity index is 3.22. The SMILES string of the molecule is C[C@@H](O)[C@H](NC(=O)[C@H](Cc1ccc(O)cc1)NC(=O)[C@H](CC(N)=O)NC(=O)CN)C(=O)N[C@@H](CS)C(=O)N[C@@H](CCC(=O)O)C(=O)O. The van der Waals surface area contributed by atoms with Gasteiger partial charge in [-0.05, 0) is 31.0 Å². The first-order valence-corrected chi connectivity index (χ1v) is 14.6. The Morgan fingerprint density at radius 2 is 1.32 bits per heavy atom. The Labute approximate surface area is 273 Å². The van der Waals surface area contributed by atoms with Crippen molar-refractivity contribution < 1.29 is 58.8 Å². The monoisotopic (exact) mass is 685 g/mol. The molecule has 13 N–H and O–H groups in total. The zero-order chi connectivity index (χ0) is 35.8. The highest BCUT2D eigenvalue weighted by molar-refractivity contribution is 7.80. The van der Waals surface area contributed by atoms with Crippen LogP contribution in [0.1, 0.15) is 31.7 Å². The van der Waals surface area contributed by atoms with E-state index in [1.165, 1.54) is 24.3 Å². The maximum absolute atomic E-state index is 13.5. The minimum Gasteiger partial charge on any atom is -0.508 e. The third kappa shape index (κ3) is 14.3. The summed E-state index contributed by atoms with van der Waals surface area (Å²) in [5.74, 6) is -9.30. The van der Waals surface area contributed by atoms with Crippen LogP contribution in [0, 0.1) is 0 Å². The van der Waals surface area contributed by atoms with Crippen LogP contribution in [0.5, 0.6) is 5.75 Å². The summed E-state index contributed by atoms with van der Waals surface area (Å²) in [6, 6.07) is -2.45. The summed E-state index contributed by atoms with van der Waals surface area (Å²) >= 11 is 3.98. The second-order valence-electron chi connectivity index (χ2n) is 10.2. The number of hydrogen-bond donors (Lipinski definition) is 12. The Morgan fingerprint density at radius 1 is 0.787 bits per heavy atom. The Morgan fingerprint density at radius 3 is 1.81 bits per heavy atom. The van der Waals surface area contributed by atoms with Crippen LogP contribution in [0.2, 0.25) is 0 Å². The lowest BCUT2D eigenvalue weighted by Gasteiger charge is -2.27. The molecule has 0 heterocycles. The number of carbonyl (C=O) groups is 8. The molecule has 0 aliphatic heterocycles. The summed E-state index contributed by atoms with van der Waals surface area (Å²) in [6.45, 7) is 0.598. The number of amides is 6. The van der Waals surface area contributed by atoms with E-state index in [-0.39, 0.29) is 17.9 Å². The number of phenols is 1. The highest BCUT2D eigenvalue weighted by atomic mass is 32.1. The van der Waals surface area contributed by atoms with Gasteiger partial charge in [0.2, 0.25) is 35.4 Å². The van der Waals surface area contributed by atoms with E-state index >= 15 is 0 Å². The van der Waals surface area contributed by atoms with Gasteiger partial charge in [-0.2, -0.15) is 12.6 Å². The zero-order valence-electron chi connectivity index (χ0n) is 25.2. The van der Waals surface area contributed by atoms with Crippen LogP contribution in [0.25, 0.3) is 0 Å². The van der Waals surface area contributed by atoms with Gasteiger partial charge >= 0.3 is 11.9 Å². The van der Waals surface area contributed by atoms with Gasteiger partial charge in [0.25, 0.3) is 0 Å². The summed E-state index contributed by atoms with van der Waals surface area (Å²) in [6.07, 6.45) is -3.54. The van der Waals surface area contributed by atoms with Gasteiger partial charge in [0.05, 0.1) is 19.1 Å². The van der Waals surface area contributed by atoms with Crippen molar-refractivity contribution in [2.24, 2.45) is 11.5 Å². The molecule has 19 nitrogen and oxygen atoms in total. The standard InChI is InChI=1S/C27H39N7O12S/c1-12(35)22(26(44)33-18(11-47)25(43)31-15(27(45)46)6-7-21(39)40)34-24(42)16(8-13-2-4-14(36)5-3-13)32-23(41)17(9-19(29)37)30-20(38)10-28/h2-5,12,15-18,22,35-36,47H,6-11,28H2,1H3,(H2,29,37)(H,30,38)(H,31,43)(H,32,41)(H,33,44)(H,34,42)(H,39,40)(H,45,46)/t12-,15+,16+,17+,18+,22+/m1/s1. The van der Waals surface area contributed by atoms with Gasteiger partial charge in [0.15, 0.2) is 0 Å². The number of thiol groups is 1. The van der Waals surface area contributed by atoms with Crippen molar-refractivity contribution in [1.82, 2.24) is 26.6 Å². The van der Waals surface area contributed by atoms with Gasteiger partial charge in [0.1, 0.15) is 36.0 Å². The molecule has 0 aliphatic rings. The van der Waals surface area contributed by atoms with E-state index in [0.29, 0.717) is 5.56 Å². The van der Waals surface area contributed by atoms with Crippen LogP contribution in [0.4, 0.5) is 0 Å². The van der Waals surface area contributed by atoms with E-state index in [0.717, 1.165) is 6.92 Å². The number of phenolic OH excluding ortho intramolecular Hbond substituents is 1. The second kappa shape index (κ2) is 19.5. The molecule has 47 heavy (non-hydrogen) atoms. The number of carboxylic acid groups (broad SMARTS) is 2. The van der Waals surface area contributed by atoms with E-state index in [4.69, 9.17) is 16.6 Å². The quantitative estimate of drug-likeness (QED) is 0.0576. The lowest BCUT2D eigenvalue weighted by atomic mass is 10.0. The molecular weight excluding hydrogens is 646 g/mol. The molecule has 0 aromatic heterocycles. The van der Waals surface area contributed by atoms with Crippen LogP contribution in [0.3, 0.4) is 0 Å². The molecule has 1 aromatic carbocycles. The van der Waals surface area contributed by atoms with Gasteiger partial charge in [-0.25, -0.2) is 4.79 Å². The van der Waals surface area contributed by atoms with Crippen LogP contribution >= 0.6 is 12.6 Å². The maximum atomic E-state index is 13.5. The molecule has 0 aliphatic carbocycles.